The summed E-state index contributed by atoms with van der Waals surface area (Å²) in [4.78, 5) is 23.5. The van der Waals surface area contributed by atoms with Gasteiger partial charge in [-0.05, 0) is 18.2 Å². The first-order valence-corrected chi connectivity index (χ1v) is 9.70. The molecule has 0 spiro atoms. The molecule has 0 bridgehead atoms. The molecule has 158 valence electrons. The first kappa shape index (κ1) is 21.5. The van der Waals surface area contributed by atoms with Crippen molar-refractivity contribution >= 4 is 17.5 Å². The predicted octanol–water partition coefficient (Wildman–Crippen LogP) is 2.96. The van der Waals surface area contributed by atoms with Crippen LogP contribution in [0, 0.1) is 0 Å². The summed E-state index contributed by atoms with van der Waals surface area (Å²) in [6.45, 7) is 1.94. The molecule has 0 unspecified atom stereocenters. The second-order valence-corrected chi connectivity index (χ2v) is 6.79. The highest BCUT2D eigenvalue weighted by Crippen LogP contribution is 2.22. The number of aryl methyl sites for hydroxylation is 1. The van der Waals surface area contributed by atoms with E-state index in [-0.39, 0.29) is 5.91 Å². The van der Waals surface area contributed by atoms with Crippen molar-refractivity contribution in [2.75, 3.05) is 45.8 Å². The van der Waals surface area contributed by atoms with Crippen LogP contribution in [-0.2, 0) is 16.5 Å². The minimum Gasteiger partial charge on any atom is -0.383 e. The molecule has 2 aromatic heterocycles. The molecule has 8 nitrogen and oxygen atoms in total. The summed E-state index contributed by atoms with van der Waals surface area (Å²) >= 11 is 0. The summed E-state index contributed by atoms with van der Waals surface area (Å²) in [6.07, 6.45) is 5.39. The summed E-state index contributed by atoms with van der Waals surface area (Å²) in [7, 11) is 5.10. The Morgan fingerprint density at radius 3 is 2.27 bits per heavy atom. The first-order chi connectivity index (χ1) is 14.6. The fourth-order valence-corrected chi connectivity index (χ4v) is 3.01. The molecule has 0 aliphatic rings. The second kappa shape index (κ2) is 10.5. The number of carbonyl (C=O) groups excluding carboxylic acids is 1. The van der Waals surface area contributed by atoms with Gasteiger partial charge < -0.3 is 24.3 Å². The highest BCUT2D eigenvalue weighted by molar-refractivity contribution is 5.94. The summed E-state index contributed by atoms with van der Waals surface area (Å²) < 4.78 is 12.1. The molecule has 0 saturated carbocycles. The Morgan fingerprint density at radius 1 is 1.03 bits per heavy atom. The minimum absolute atomic E-state index is 0.0684. The SMILES string of the molecule is COCCN(CCOC)C(=O)c1cc(-c2cnc(Nc3ccccc3)nc2)cn1C. The topological polar surface area (TPSA) is 81.5 Å². The van der Waals surface area contributed by atoms with Crippen LogP contribution in [0.1, 0.15) is 10.5 Å². The van der Waals surface area contributed by atoms with Crippen molar-refractivity contribution < 1.29 is 14.3 Å². The maximum atomic E-state index is 13.0. The van der Waals surface area contributed by atoms with E-state index in [0.29, 0.717) is 37.9 Å². The Balaban J connectivity index is 1.75. The van der Waals surface area contributed by atoms with Gasteiger partial charge in [-0.3, -0.25) is 4.79 Å². The van der Waals surface area contributed by atoms with E-state index in [0.717, 1.165) is 16.8 Å². The summed E-state index contributed by atoms with van der Waals surface area (Å²) in [5, 5.41) is 3.16. The third-order valence-electron chi connectivity index (χ3n) is 4.66. The lowest BCUT2D eigenvalue weighted by atomic mass is 10.2. The number of amides is 1. The number of aromatic nitrogens is 3. The number of ether oxygens (including phenoxy) is 2. The lowest BCUT2D eigenvalue weighted by molar-refractivity contribution is 0.0618. The van der Waals surface area contributed by atoms with E-state index in [1.54, 1.807) is 31.5 Å². The van der Waals surface area contributed by atoms with E-state index < -0.39 is 0 Å². The molecule has 0 aliphatic heterocycles. The van der Waals surface area contributed by atoms with Gasteiger partial charge in [-0.1, -0.05) is 18.2 Å². The Bertz CT molecular complexity index is 933. The van der Waals surface area contributed by atoms with Crippen LogP contribution in [0.25, 0.3) is 11.1 Å². The number of benzene rings is 1. The van der Waals surface area contributed by atoms with Gasteiger partial charge in [0, 0.05) is 69.8 Å². The summed E-state index contributed by atoms with van der Waals surface area (Å²) in [6, 6.07) is 11.6. The molecule has 3 aromatic rings. The van der Waals surface area contributed by atoms with E-state index in [1.807, 2.05) is 54.2 Å². The Hall–Kier alpha value is -3.23. The minimum atomic E-state index is -0.0684. The van der Waals surface area contributed by atoms with Crippen molar-refractivity contribution in [3.8, 4) is 11.1 Å². The van der Waals surface area contributed by atoms with Gasteiger partial charge >= 0.3 is 0 Å². The number of methoxy groups -OCH3 is 2. The van der Waals surface area contributed by atoms with Gasteiger partial charge in [-0.15, -0.1) is 0 Å². The molecule has 0 radical (unpaired) electrons. The molecule has 2 heterocycles. The molecule has 1 amide bonds. The number of anilines is 2. The average Bonchev–Trinajstić information content (AvgIpc) is 3.16. The van der Waals surface area contributed by atoms with Gasteiger partial charge in [-0.2, -0.15) is 0 Å². The largest absolute Gasteiger partial charge is 0.383 e. The van der Waals surface area contributed by atoms with Crippen molar-refractivity contribution in [3.05, 3.63) is 60.7 Å². The number of nitrogens with zero attached hydrogens (tertiary/aromatic N) is 4. The standard InChI is InChI=1S/C22H27N5O3/c1-26-16-17(13-20(26)21(28)27(9-11-29-2)10-12-30-3)18-14-23-22(24-15-18)25-19-7-5-4-6-8-19/h4-8,13-16H,9-12H2,1-3H3,(H,23,24,25). The van der Waals surface area contributed by atoms with Gasteiger partial charge in [0.2, 0.25) is 5.95 Å². The van der Waals surface area contributed by atoms with Crippen LogP contribution >= 0.6 is 0 Å². The van der Waals surface area contributed by atoms with Crippen LogP contribution in [0.4, 0.5) is 11.6 Å². The summed E-state index contributed by atoms with van der Waals surface area (Å²) in [5.74, 6) is 0.448. The van der Waals surface area contributed by atoms with Gasteiger partial charge in [0.25, 0.3) is 5.91 Å². The maximum absolute atomic E-state index is 13.0. The van der Waals surface area contributed by atoms with E-state index in [9.17, 15) is 4.79 Å². The highest BCUT2D eigenvalue weighted by atomic mass is 16.5. The lowest BCUT2D eigenvalue weighted by Gasteiger charge is -2.22. The fourth-order valence-electron chi connectivity index (χ4n) is 3.01. The van der Waals surface area contributed by atoms with Crippen LogP contribution in [0.3, 0.4) is 0 Å². The quantitative estimate of drug-likeness (QED) is 0.554. The van der Waals surface area contributed by atoms with E-state index in [4.69, 9.17) is 9.47 Å². The van der Waals surface area contributed by atoms with Crippen molar-refractivity contribution in [2.24, 2.45) is 7.05 Å². The number of para-hydroxylation sites is 1. The molecule has 0 aliphatic carbocycles. The van der Waals surface area contributed by atoms with Gasteiger partial charge in [0.1, 0.15) is 5.69 Å². The third kappa shape index (κ3) is 5.43. The predicted molar refractivity (Wildman–Crippen MR) is 116 cm³/mol. The Kier molecular flexibility index (Phi) is 7.53. The van der Waals surface area contributed by atoms with Gasteiger partial charge in [0.05, 0.1) is 13.2 Å². The molecule has 8 heteroatoms. The third-order valence-corrected chi connectivity index (χ3v) is 4.66. The van der Waals surface area contributed by atoms with Crippen molar-refractivity contribution in [1.82, 2.24) is 19.4 Å². The molecule has 1 aromatic carbocycles. The van der Waals surface area contributed by atoms with Crippen molar-refractivity contribution in [2.45, 2.75) is 0 Å². The fraction of sp³-hybridized carbons (Fsp3) is 0.318. The zero-order chi connectivity index (χ0) is 21.3. The van der Waals surface area contributed by atoms with Crippen LogP contribution in [0.5, 0.6) is 0 Å². The van der Waals surface area contributed by atoms with E-state index in [1.165, 1.54) is 0 Å². The molecule has 30 heavy (non-hydrogen) atoms. The zero-order valence-corrected chi connectivity index (χ0v) is 17.5. The van der Waals surface area contributed by atoms with E-state index in [2.05, 4.69) is 15.3 Å². The number of nitrogens with one attached hydrogen (secondary N) is 1. The molecular weight excluding hydrogens is 382 g/mol. The molecule has 1 N–H and O–H groups in total. The average molecular weight is 409 g/mol. The smallest absolute Gasteiger partial charge is 0.270 e. The first-order valence-electron chi connectivity index (χ1n) is 9.70. The van der Waals surface area contributed by atoms with Gasteiger partial charge in [-0.25, -0.2) is 9.97 Å². The number of hydrogen-bond donors (Lipinski definition) is 1. The highest BCUT2D eigenvalue weighted by Gasteiger charge is 2.19. The second-order valence-electron chi connectivity index (χ2n) is 6.79. The number of rotatable bonds is 10. The number of hydrogen-bond acceptors (Lipinski definition) is 6. The van der Waals surface area contributed by atoms with Crippen LogP contribution in [-0.4, -0.2) is 65.9 Å². The van der Waals surface area contributed by atoms with Crippen LogP contribution in [0.15, 0.2) is 55.0 Å². The van der Waals surface area contributed by atoms with E-state index >= 15 is 0 Å². The maximum Gasteiger partial charge on any atom is 0.270 e. The Labute approximate surface area is 176 Å². The summed E-state index contributed by atoms with van der Waals surface area (Å²) in [5.41, 5.74) is 3.22. The van der Waals surface area contributed by atoms with Crippen LogP contribution in [0.2, 0.25) is 0 Å². The normalized spacial score (nSPS) is 10.8. The van der Waals surface area contributed by atoms with Gasteiger partial charge in [0.15, 0.2) is 0 Å². The molecular formula is C22H27N5O3. The molecule has 0 atom stereocenters. The monoisotopic (exact) mass is 409 g/mol. The molecule has 0 saturated heterocycles. The number of carbonyl (C=O) groups is 1. The lowest BCUT2D eigenvalue weighted by Crippen LogP contribution is -2.37. The van der Waals surface area contributed by atoms with Crippen molar-refractivity contribution in [1.29, 1.82) is 0 Å². The molecule has 3 rings (SSSR count). The van der Waals surface area contributed by atoms with Crippen LogP contribution < -0.4 is 5.32 Å². The Morgan fingerprint density at radius 2 is 1.67 bits per heavy atom. The molecule has 0 fully saturated rings. The van der Waals surface area contributed by atoms with Crippen molar-refractivity contribution in [3.63, 3.8) is 0 Å². The zero-order valence-electron chi connectivity index (χ0n) is 17.5.